The number of nitrogens with zero attached hydrogens (tertiary/aromatic N) is 3. The van der Waals surface area contributed by atoms with Crippen molar-refractivity contribution in [3.05, 3.63) is 58.4 Å². The van der Waals surface area contributed by atoms with E-state index >= 15 is 0 Å². The summed E-state index contributed by atoms with van der Waals surface area (Å²) in [4.78, 5) is 13.3. The van der Waals surface area contributed by atoms with Crippen LogP contribution in [0.25, 0.3) is 11.5 Å². The molecule has 0 amide bonds. The van der Waals surface area contributed by atoms with E-state index < -0.39 is 0 Å². The Morgan fingerprint density at radius 3 is 2.73 bits per heavy atom. The molecule has 0 aliphatic rings. The first-order valence-corrected chi connectivity index (χ1v) is 9.54. The van der Waals surface area contributed by atoms with Gasteiger partial charge in [-0.25, -0.2) is 9.97 Å². The third-order valence-electron chi connectivity index (χ3n) is 3.81. The Morgan fingerprint density at radius 2 is 2.00 bits per heavy atom. The van der Waals surface area contributed by atoms with Crippen LogP contribution in [0.4, 0.5) is 0 Å². The lowest BCUT2D eigenvalue weighted by Gasteiger charge is -2.10. The van der Waals surface area contributed by atoms with Crippen molar-refractivity contribution >= 4 is 17.3 Å². The smallest absolute Gasteiger partial charge is 0.226 e. The molecule has 0 aliphatic heterocycles. The van der Waals surface area contributed by atoms with Crippen LogP contribution in [0, 0.1) is 0 Å². The molecule has 136 valence electrons. The Hall–Kier alpha value is -2.67. The fourth-order valence-electron chi connectivity index (χ4n) is 2.43. The fourth-order valence-corrected chi connectivity index (χ4v) is 3.21. The van der Waals surface area contributed by atoms with Gasteiger partial charge in [0.05, 0.1) is 22.9 Å². The van der Waals surface area contributed by atoms with Crippen LogP contribution in [0.3, 0.4) is 0 Å². The van der Waals surface area contributed by atoms with E-state index in [1.807, 2.05) is 30.3 Å². The summed E-state index contributed by atoms with van der Waals surface area (Å²) in [7, 11) is 1.76. The van der Waals surface area contributed by atoms with Gasteiger partial charge in [0.25, 0.3) is 0 Å². The zero-order valence-corrected chi connectivity index (χ0v) is 15.8. The normalized spacial score (nSPS) is 11.5. The summed E-state index contributed by atoms with van der Waals surface area (Å²) in [5.41, 5.74) is 2.92. The zero-order chi connectivity index (χ0) is 18.2. The maximum absolute atomic E-state index is 5.55. The third-order valence-corrected chi connectivity index (χ3v) is 4.85. The van der Waals surface area contributed by atoms with E-state index in [9.17, 15) is 0 Å². The molecule has 2 N–H and O–H groups in total. The zero-order valence-electron chi connectivity index (χ0n) is 15.0. The highest BCUT2D eigenvalue weighted by Crippen LogP contribution is 2.17. The molecule has 0 atom stereocenters. The van der Waals surface area contributed by atoms with Crippen molar-refractivity contribution in [1.82, 2.24) is 20.6 Å². The number of benzene rings is 1. The molecule has 0 saturated carbocycles. The minimum Gasteiger partial charge on any atom is -0.444 e. The molecule has 26 heavy (non-hydrogen) atoms. The van der Waals surface area contributed by atoms with Gasteiger partial charge in [0, 0.05) is 31.0 Å². The number of aliphatic imine (C=N–C) groups is 1. The van der Waals surface area contributed by atoms with Gasteiger partial charge in [0.1, 0.15) is 6.26 Å². The Bertz CT molecular complexity index is 841. The van der Waals surface area contributed by atoms with Crippen LogP contribution in [-0.2, 0) is 19.4 Å². The lowest BCUT2D eigenvalue weighted by atomic mass is 10.2. The van der Waals surface area contributed by atoms with Gasteiger partial charge in [-0.2, -0.15) is 0 Å². The van der Waals surface area contributed by atoms with Crippen LogP contribution < -0.4 is 10.6 Å². The SMILES string of the molecule is CCc1nc(CCNC(=NC)NCc2coc(-c3ccccc3)n2)cs1. The molecular weight excluding hydrogens is 346 g/mol. The molecule has 0 bridgehead atoms. The minimum absolute atomic E-state index is 0.548. The topological polar surface area (TPSA) is 75.3 Å². The number of oxazole rings is 1. The Kier molecular flexibility index (Phi) is 6.38. The average molecular weight is 369 g/mol. The summed E-state index contributed by atoms with van der Waals surface area (Å²) in [6.45, 7) is 3.45. The molecule has 2 heterocycles. The van der Waals surface area contributed by atoms with E-state index in [1.54, 1.807) is 24.6 Å². The average Bonchev–Trinajstić information content (AvgIpc) is 3.34. The molecule has 7 heteroatoms. The summed E-state index contributed by atoms with van der Waals surface area (Å²) in [5, 5.41) is 9.86. The highest BCUT2D eigenvalue weighted by atomic mass is 32.1. The van der Waals surface area contributed by atoms with E-state index in [4.69, 9.17) is 4.42 Å². The predicted octanol–water partition coefficient (Wildman–Crippen LogP) is 3.27. The van der Waals surface area contributed by atoms with Gasteiger partial charge in [-0.15, -0.1) is 11.3 Å². The number of hydrogen-bond donors (Lipinski definition) is 2. The highest BCUT2D eigenvalue weighted by molar-refractivity contribution is 7.09. The molecular formula is C19H23N5OS. The minimum atomic E-state index is 0.548. The quantitative estimate of drug-likeness (QED) is 0.494. The second-order valence-electron chi connectivity index (χ2n) is 5.70. The van der Waals surface area contributed by atoms with Crippen LogP contribution in [-0.4, -0.2) is 29.5 Å². The summed E-state index contributed by atoms with van der Waals surface area (Å²) in [6, 6.07) is 9.86. The molecule has 0 spiro atoms. The predicted molar refractivity (Wildman–Crippen MR) is 105 cm³/mol. The van der Waals surface area contributed by atoms with Gasteiger partial charge >= 0.3 is 0 Å². The van der Waals surface area contributed by atoms with E-state index in [0.29, 0.717) is 12.4 Å². The Labute approximate surface area is 157 Å². The highest BCUT2D eigenvalue weighted by Gasteiger charge is 2.07. The first kappa shape index (κ1) is 18.1. The number of nitrogens with one attached hydrogen (secondary N) is 2. The number of aromatic nitrogens is 2. The largest absolute Gasteiger partial charge is 0.444 e. The molecule has 2 aromatic heterocycles. The third kappa shape index (κ3) is 4.92. The number of guanidine groups is 1. The van der Waals surface area contributed by atoms with Gasteiger partial charge in [0.15, 0.2) is 5.96 Å². The van der Waals surface area contributed by atoms with Crippen molar-refractivity contribution in [2.75, 3.05) is 13.6 Å². The van der Waals surface area contributed by atoms with Gasteiger partial charge in [0.2, 0.25) is 5.89 Å². The molecule has 3 rings (SSSR count). The van der Waals surface area contributed by atoms with Gasteiger partial charge in [-0.3, -0.25) is 4.99 Å². The lowest BCUT2D eigenvalue weighted by molar-refractivity contribution is 0.572. The molecule has 0 fully saturated rings. The van der Waals surface area contributed by atoms with Crippen molar-refractivity contribution in [2.24, 2.45) is 4.99 Å². The van der Waals surface area contributed by atoms with Crippen molar-refractivity contribution in [1.29, 1.82) is 0 Å². The van der Waals surface area contributed by atoms with Crippen LogP contribution >= 0.6 is 11.3 Å². The van der Waals surface area contributed by atoms with Crippen LogP contribution in [0.5, 0.6) is 0 Å². The summed E-state index contributed by atoms with van der Waals surface area (Å²) >= 11 is 1.72. The monoisotopic (exact) mass is 369 g/mol. The number of hydrogen-bond acceptors (Lipinski definition) is 5. The van der Waals surface area contributed by atoms with E-state index in [0.717, 1.165) is 42.3 Å². The molecule has 1 aromatic carbocycles. The number of thiazole rings is 1. The molecule has 0 aliphatic carbocycles. The number of aryl methyl sites for hydroxylation is 1. The molecule has 6 nitrogen and oxygen atoms in total. The van der Waals surface area contributed by atoms with Gasteiger partial charge in [-0.05, 0) is 18.6 Å². The first-order chi connectivity index (χ1) is 12.8. The Morgan fingerprint density at radius 1 is 1.15 bits per heavy atom. The van der Waals surface area contributed by atoms with Crippen molar-refractivity contribution in [2.45, 2.75) is 26.3 Å². The van der Waals surface area contributed by atoms with Crippen molar-refractivity contribution < 1.29 is 4.42 Å². The van der Waals surface area contributed by atoms with Crippen molar-refractivity contribution in [3.8, 4) is 11.5 Å². The maximum atomic E-state index is 5.55. The maximum Gasteiger partial charge on any atom is 0.226 e. The van der Waals surface area contributed by atoms with Gasteiger partial charge < -0.3 is 15.1 Å². The standard InChI is InChI=1S/C19H23N5OS/c1-3-17-23-15(13-26-17)9-10-21-19(20-2)22-11-16-12-25-18(24-16)14-7-5-4-6-8-14/h4-8,12-13H,3,9-11H2,1-2H3,(H2,20,21,22). The first-order valence-electron chi connectivity index (χ1n) is 8.66. The van der Waals surface area contributed by atoms with E-state index in [2.05, 4.69) is 37.9 Å². The fraction of sp³-hybridized carbons (Fsp3) is 0.316. The second-order valence-corrected chi connectivity index (χ2v) is 6.64. The van der Waals surface area contributed by atoms with Crippen molar-refractivity contribution in [3.63, 3.8) is 0 Å². The molecule has 0 saturated heterocycles. The molecule has 0 radical (unpaired) electrons. The molecule has 3 aromatic rings. The summed E-state index contributed by atoms with van der Waals surface area (Å²) in [6.07, 6.45) is 3.54. The van der Waals surface area contributed by atoms with Gasteiger partial charge in [-0.1, -0.05) is 25.1 Å². The van der Waals surface area contributed by atoms with Crippen LogP contribution in [0.15, 0.2) is 51.4 Å². The summed E-state index contributed by atoms with van der Waals surface area (Å²) in [5.74, 6) is 1.36. The molecule has 0 unspecified atom stereocenters. The second kappa shape index (κ2) is 9.15. The lowest BCUT2D eigenvalue weighted by Crippen LogP contribution is -2.37. The number of rotatable bonds is 7. The van der Waals surface area contributed by atoms with Crippen LogP contribution in [0.2, 0.25) is 0 Å². The summed E-state index contributed by atoms with van der Waals surface area (Å²) < 4.78 is 5.55. The van der Waals surface area contributed by atoms with E-state index in [1.165, 1.54) is 5.01 Å². The van der Waals surface area contributed by atoms with Crippen LogP contribution in [0.1, 0.15) is 23.3 Å². The Balaban J connectivity index is 1.46. The van der Waals surface area contributed by atoms with E-state index in [-0.39, 0.29) is 0 Å².